The van der Waals surface area contributed by atoms with Crippen LogP contribution in [-0.4, -0.2) is 22.4 Å². The van der Waals surface area contributed by atoms with E-state index in [-0.39, 0.29) is 17.9 Å². The fourth-order valence-corrected chi connectivity index (χ4v) is 2.63. The summed E-state index contributed by atoms with van der Waals surface area (Å²) in [4.78, 5) is 12.2. The minimum Gasteiger partial charge on any atom is -0.493 e. The molecule has 1 aliphatic heterocycles. The Morgan fingerprint density at radius 3 is 3.00 bits per heavy atom. The van der Waals surface area contributed by atoms with Crippen molar-refractivity contribution in [2.75, 3.05) is 11.9 Å². The smallest absolute Gasteiger partial charge is 0.320 e. The van der Waals surface area contributed by atoms with Crippen molar-refractivity contribution in [1.29, 1.82) is 0 Å². The molecular weight excluding hydrogens is 299 g/mol. The van der Waals surface area contributed by atoms with E-state index in [1.165, 1.54) is 12.1 Å². The van der Waals surface area contributed by atoms with Crippen LogP contribution in [0, 0.1) is 12.7 Å². The number of anilines is 1. The number of aromatic nitrogens is 2. The normalized spacial score (nSPS) is 16.9. The summed E-state index contributed by atoms with van der Waals surface area (Å²) in [6.07, 6.45) is 1.51. The van der Waals surface area contributed by atoms with Gasteiger partial charge in [0.2, 0.25) is 0 Å². The van der Waals surface area contributed by atoms with Gasteiger partial charge in [0.15, 0.2) is 5.82 Å². The van der Waals surface area contributed by atoms with Crippen LogP contribution in [0.25, 0.3) is 0 Å². The minimum absolute atomic E-state index is 0.224. The summed E-state index contributed by atoms with van der Waals surface area (Å²) in [5, 5.41) is 9.81. The molecule has 0 radical (unpaired) electrons. The minimum atomic E-state index is -0.349. The van der Waals surface area contributed by atoms with Crippen molar-refractivity contribution in [2.45, 2.75) is 25.8 Å². The quantitative estimate of drug-likeness (QED) is 0.894. The molecule has 3 rings (SSSR count). The summed E-state index contributed by atoms with van der Waals surface area (Å²) in [6.45, 7) is 2.42. The van der Waals surface area contributed by atoms with Crippen LogP contribution >= 0.6 is 0 Å². The van der Waals surface area contributed by atoms with Gasteiger partial charge in [0.25, 0.3) is 0 Å². The molecule has 1 aliphatic rings. The largest absolute Gasteiger partial charge is 0.493 e. The van der Waals surface area contributed by atoms with Gasteiger partial charge in [-0.05, 0) is 25.8 Å². The molecule has 2 N–H and O–H groups in total. The van der Waals surface area contributed by atoms with E-state index in [1.54, 1.807) is 16.8 Å². The molecule has 0 saturated heterocycles. The highest BCUT2D eigenvalue weighted by Gasteiger charge is 2.22. The molecule has 0 saturated carbocycles. The number of hydrogen-bond acceptors (Lipinski definition) is 3. The lowest BCUT2D eigenvalue weighted by atomic mass is 10.0. The molecule has 0 spiro atoms. The Hall–Kier alpha value is -2.57. The van der Waals surface area contributed by atoms with Gasteiger partial charge < -0.3 is 10.1 Å². The molecule has 7 heteroatoms. The number of nitrogens with one attached hydrogen (secondary N) is 2. The van der Waals surface area contributed by atoms with Gasteiger partial charge in [-0.25, -0.2) is 9.18 Å². The van der Waals surface area contributed by atoms with Gasteiger partial charge in [-0.1, -0.05) is 6.07 Å². The summed E-state index contributed by atoms with van der Waals surface area (Å²) in [6, 6.07) is 5.62. The second kappa shape index (κ2) is 6.28. The van der Waals surface area contributed by atoms with Crippen molar-refractivity contribution in [1.82, 2.24) is 15.1 Å². The fourth-order valence-electron chi connectivity index (χ4n) is 2.63. The number of hydrogen-bond donors (Lipinski definition) is 2. The van der Waals surface area contributed by atoms with Crippen molar-refractivity contribution < 1.29 is 13.9 Å². The Morgan fingerprint density at radius 2 is 2.26 bits per heavy atom. The second-order valence-electron chi connectivity index (χ2n) is 5.62. The molecule has 1 unspecified atom stereocenters. The lowest BCUT2D eigenvalue weighted by Crippen LogP contribution is -2.32. The van der Waals surface area contributed by atoms with Crippen LogP contribution in [0.15, 0.2) is 24.3 Å². The average Bonchev–Trinajstić information content (AvgIpc) is 2.69. The molecule has 2 amide bonds. The number of aryl methyl sites for hydroxylation is 2. The van der Waals surface area contributed by atoms with Gasteiger partial charge in [-0.2, -0.15) is 5.10 Å². The number of halogens is 1. The van der Waals surface area contributed by atoms with Gasteiger partial charge in [0.1, 0.15) is 11.6 Å². The molecule has 1 aromatic heterocycles. The Kier molecular flexibility index (Phi) is 4.18. The summed E-state index contributed by atoms with van der Waals surface area (Å²) >= 11 is 0. The van der Waals surface area contributed by atoms with E-state index in [2.05, 4.69) is 15.7 Å². The predicted octanol–water partition coefficient (Wildman–Crippen LogP) is 2.90. The lowest BCUT2D eigenvalue weighted by Gasteiger charge is -2.18. The van der Waals surface area contributed by atoms with Gasteiger partial charge in [-0.3, -0.25) is 10.00 Å². The number of fused-ring (bicyclic) bond motifs is 1. The van der Waals surface area contributed by atoms with Crippen molar-refractivity contribution in [3.05, 3.63) is 41.3 Å². The lowest BCUT2D eigenvalue weighted by molar-refractivity contribution is 0.247. The summed E-state index contributed by atoms with van der Waals surface area (Å²) in [7, 11) is 1.81. The summed E-state index contributed by atoms with van der Waals surface area (Å²) in [5.41, 5.74) is 1.74. The van der Waals surface area contributed by atoms with Crippen LogP contribution in [0.1, 0.15) is 30.1 Å². The molecule has 1 atom stereocenters. The predicted molar refractivity (Wildman–Crippen MR) is 84.0 cm³/mol. The van der Waals surface area contributed by atoms with Gasteiger partial charge >= 0.3 is 6.03 Å². The summed E-state index contributed by atoms with van der Waals surface area (Å²) in [5.74, 6) is 0.631. The summed E-state index contributed by atoms with van der Waals surface area (Å²) < 4.78 is 20.6. The van der Waals surface area contributed by atoms with E-state index >= 15 is 0 Å². The third-order valence-electron chi connectivity index (χ3n) is 3.91. The van der Waals surface area contributed by atoms with E-state index < -0.39 is 0 Å². The molecule has 6 nitrogen and oxygen atoms in total. The number of urea groups is 1. The molecule has 1 aromatic carbocycles. The van der Waals surface area contributed by atoms with Crippen molar-refractivity contribution in [3.8, 4) is 5.75 Å². The van der Waals surface area contributed by atoms with Crippen LogP contribution in [-0.2, 0) is 7.05 Å². The van der Waals surface area contributed by atoms with Crippen LogP contribution in [0.2, 0.25) is 0 Å². The standard InChI is InChI=1S/C16H19FN4O2/c1-10-8-15(20-21(10)2)19-16(22)18-13-4-3-7-23-14-9-11(17)5-6-12(13)14/h5-6,8-9,13H,3-4,7H2,1-2H3,(H2,18,19,20,22). The van der Waals surface area contributed by atoms with Crippen LogP contribution in [0.4, 0.5) is 15.0 Å². The van der Waals surface area contributed by atoms with Crippen LogP contribution in [0.3, 0.4) is 0 Å². The Bertz CT molecular complexity index is 709. The number of amides is 2. The van der Waals surface area contributed by atoms with Gasteiger partial charge in [0.05, 0.1) is 12.6 Å². The van der Waals surface area contributed by atoms with E-state index in [4.69, 9.17) is 4.74 Å². The average molecular weight is 318 g/mol. The molecule has 0 aliphatic carbocycles. The number of carbonyl (C=O) groups excluding carboxylic acids is 1. The highest BCUT2D eigenvalue weighted by Crippen LogP contribution is 2.32. The fraction of sp³-hybridized carbons (Fsp3) is 0.375. The zero-order chi connectivity index (χ0) is 16.4. The molecule has 0 bridgehead atoms. The van der Waals surface area contributed by atoms with Crippen LogP contribution in [0.5, 0.6) is 5.75 Å². The monoisotopic (exact) mass is 318 g/mol. The van der Waals surface area contributed by atoms with Crippen molar-refractivity contribution in [3.63, 3.8) is 0 Å². The first-order valence-corrected chi connectivity index (χ1v) is 7.53. The van der Waals surface area contributed by atoms with E-state index in [9.17, 15) is 9.18 Å². The Morgan fingerprint density at radius 1 is 1.43 bits per heavy atom. The van der Waals surface area contributed by atoms with Crippen molar-refractivity contribution in [2.24, 2.45) is 7.05 Å². The van der Waals surface area contributed by atoms with Crippen LogP contribution < -0.4 is 15.4 Å². The van der Waals surface area contributed by atoms with Crippen molar-refractivity contribution >= 4 is 11.8 Å². The third kappa shape index (κ3) is 3.44. The number of nitrogens with zero attached hydrogens (tertiary/aromatic N) is 2. The number of ether oxygens (including phenoxy) is 1. The first kappa shape index (κ1) is 15.3. The third-order valence-corrected chi connectivity index (χ3v) is 3.91. The topological polar surface area (TPSA) is 68.2 Å². The molecule has 0 fully saturated rings. The zero-order valence-electron chi connectivity index (χ0n) is 13.1. The maximum atomic E-state index is 13.4. The first-order chi connectivity index (χ1) is 11.0. The van der Waals surface area contributed by atoms with E-state index in [0.717, 1.165) is 24.1 Å². The Balaban J connectivity index is 1.73. The van der Waals surface area contributed by atoms with Gasteiger partial charge in [-0.15, -0.1) is 0 Å². The Labute approximate surface area is 133 Å². The van der Waals surface area contributed by atoms with Gasteiger partial charge in [0, 0.05) is 30.4 Å². The molecule has 23 heavy (non-hydrogen) atoms. The zero-order valence-corrected chi connectivity index (χ0v) is 13.1. The number of rotatable bonds is 2. The SMILES string of the molecule is Cc1cc(NC(=O)NC2CCCOc3cc(F)ccc32)nn1C. The molecule has 2 aromatic rings. The first-order valence-electron chi connectivity index (χ1n) is 7.53. The molecule has 122 valence electrons. The number of benzene rings is 1. The van der Waals surface area contributed by atoms with E-state index in [1.807, 2.05) is 14.0 Å². The highest BCUT2D eigenvalue weighted by molar-refractivity contribution is 5.88. The molecule has 2 heterocycles. The maximum Gasteiger partial charge on any atom is 0.320 e. The highest BCUT2D eigenvalue weighted by atomic mass is 19.1. The number of carbonyl (C=O) groups is 1. The maximum absolute atomic E-state index is 13.4. The second-order valence-corrected chi connectivity index (χ2v) is 5.62. The molecular formula is C16H19FN4O2. The van der Waals surface area contributed by atoms with E-state index in [0.29, 0.717) is 18.2 Å².